The van der Waals surface area contributed by atoms with E-state index in [-0.39, 0.29) is 24.0 Å². The summed E-state index contributed by atoms with van der Waals surface area (Å²) in [6.07, 6.45) is -0.776. The quantitative estimate of drug-likeness (QED) is 0.117. The standard InChI is InChI=1S/C39H48O7/c1-38(2,29-7-15-34(16-8-29)43-25-23-41-5)31-11-19-36(20-12-31)45-27-33(40)28-46-37-21-13-32(14-22-37)39(3,4)30-9-17-35(18-10-30)44-26-24-42-6/h7-22,33,40H,23-28H2,1-6H3. The summed E-state index contributed by atoms with van der Waals surface area (Å²) in [5.74, 6) is 3.04. The largest absolute Gasteiger partial charge is 0.491 e. The number of benzene rings is 4. The first kappa shape index (κ1) is 34.8. The Balaban J connectivity index is 1.24. The summed E-state index contributed by atoms with van der Waals surface area (Å²) in [4.78, 5) is 0. The first-order chi connectivity index (χ1) is 22.1. The summed E-state index contributed by atoms with van der Waals surface area (Å²) < 4.78 is 33.2. The lowest BCUT2D eigenvalue weighted by molar-refractivity contribution is 0.0626. The molecule has 0 saturated carbocycles. The second-order valence-corrected chi connectivity index (χ2v) is 12.3. The van der Waals surface area contributed by atoms with Gasteiger partial charge in [-0.25, -0.2) is 0 Å². The van der Waals surface area contributed by atoms with Crippen LogP contribution in [0.25, 0.3) is 0 Å². The first-order valence-electron chi connectivity index (χ1n) is 15.7. The van der Waals surface area contributed by atoms with Gasteiger partial charge < -0.3 is 33.5 Å². The molecule has 46 heavy (non-hydrogen) atoms. The highest BCUT2D eigenvalue weighted by atomic mass is 16.5. The molecule has 0 fully saturated rings. The SMILES string of the molecule is COCCOc1ccc(C(C)(C)c2ccc(OCC(O)COc3ccc(C(C)(C)c4ccc(OCCOC)cc4)cc3)cc2)cc1. The fourth-order valence-corrected chi connectivity index (χ4v) is 5.12. The van der Waals surface area contributed by atoms with Crippen molar-refractivity contribution in [3.05, 3.63) is 119 Å². The van der Waals surface area contributed by atoms with Crippen LogP contribution in [-0.4, -0.2) is 65.1 Å². The van der Waals surface area contributed by atoms with Gasteiger partial charge in [-0.2, -0.15) is 0 Å². The lowest BCUT2D eigenvalue weighted by Crippen LogP contribution is -2.25. The zero-order valence-corrected chi connectivity index (χ0v) is 28.0. The Morgan fingerprint density at radius 2 is 0.696 bits per heavy atom. The van der Waals surface area contributed by atoms with Crippen molar-refractivity contribution in [2.75, 3.05) is 53.9 Å². The van der Waals surface area contributed by atoms with Gasteiger partial charge in [-0.1, -0.05) is 76.2 Å². The van der Waals surface area contributed by atoms with E-state index >= 15 is 0 Å². The van der Waals surface area contributed by atoms with Crippen LogP contribution in [-0.2, 0) is 20.3 Å². The van der Waals surface area contributed by atoms with E-state index in [2.05, 4.69) is 76.2 Å². The second kappa shape index (κ2) is 16.5. The Hall–Kier alpha value is -4.04. The zero-order chi connectivity index (χ0) is 33.0. The van der Waals surface area contributed by atoms with Gasteiger partial charge >= 0.3 is 0 Å². The molecule has 0 atom stereocenters. The van der Waals surface area contributed by atoms with Crippen molar-refractivity contribution in [1.29, 1.82) is 0 Å². The molecule has 4 aromatic rings. The van der Waals surface area contributed by atoms with E-state index in [0.29, 0.717) is 37.9 Å². The molecule has 4 aromatic carbocycles. The molecule has 0 aromatic heterocycles. The number of aliphatic hydroxyl groups is 1. The summed E-state index contributed by atoms with van der Waals surface area (Å²) >= 11 is 0. The molecule has 0 radical (unpaired) electrons. The molecule has 7 nitrogen and oxygen atoms in total. The molecule has 0 heterocycles. The molecule has 7 heteroatoms. The van der Waals surface area contributed by atoms with Crippen LogP contribution >= 0.6 is 0 Å². The highest BCUT2D eigenvalue weighted by Gasteiger charge is 2.24. The van der Waals surface area contributed by atoms with Gasteiger partial charge in [0.1, 0.15) is 55.5 Å². The molecule has 0 aliphatic heterocycles. The predicted molar refractivity (Wildman–Crippen MR) is 182 cm³/mol. The summed E-state index contributed by atoms with van der Waals surface area (Å²) in [5.41, 5.74) is 4.28. The minimum Gasteiger partial charge on any atom is -0.491 e. The average Bonchev–Trinajstić information content (AvgIpc) is 3.07. The average molecular weight is 629 g/mol. The van der Waals surface area contributed by atoms with Gasteiger partial charge in [0.15, 0.2) is 0 Å². The molecule has 1 N–H and O–H groups in total. The minimum atomic E-state index is -0.776. The van der Waals surface area contributed by atoms with Crippen LogP contribution in [0.4, 0.5) is 0 Å². The van der Waals surface area contributed by atoms with Gasteiger partial charge in [0, 0.05) is 25.0 Å². The van der Waals surface area contributed by atoms with Crippen molar-refractivity contribution < 1.29 is 33.5 Å². The third kappa shape index (κ3) is 9.49. The molecule has 0 aliphatic rings. The Labute approximate surface area is 274 Å². The van der Waals surface area contributed by atoms with Gasteiger partial charge in [0.2, 0.25) is 0 Å². The van der Waals surface area contributed by atoms with E-state index in [4.69, 9.17) is 28.4 Å². The van der Waals surface area contributed by atoms with Crippen LogP contribution in [0.3, 0.4) is 0 Å². The Bertz CT molecular complexity index is 1330. The fraction of sp³-hybridized carbons (Fsp3) is 0.385. The van der Waals surface area contributed by atoms with Crippen LogP contribution in [0.15, 0.2) is 97.1 Å². The van der Waals surface area contributed by atoms with Crippen molar-refractivity contribution in [3.63, 3.8) is 0 Å². The smallest absolute Gasteiger partial charge is 0.122 e. The highest BCUT2D eigenvalue weighted by molar-refractivity contribution is 5.43. The van der Waals surface area contributed by atoms with Crippen LogP contribution in [0.5, 0.6) is 23.0 Å². The lowest BCUT2D eigenvalue weighted by atomic mass is 9.78. The summed E-state index contributed by atoms with van der Waals surface area (Å²) in [5, 5.41) is 10.5. The number of ether oxygens (including phenoxy) is 6. The van der Waals surface area contributed by atoms with Crippen molar-refractivity contribution in [3.8, 4) is 23.0 Å². The number of methoxy groups -OCH3 is 2. The van der Waals surface area contributed by atoms with Crippen LogP contribution in [0.2, 0.25) is 0 Å². The maximum Gasteiger partial charge on any atom is 0.122 e. The van der Waals surface area contributed by atoms with Crippen molar-refractivity contribution in [1.82, 2.24) is 0 Å². The van der Waals surface area contributed by atoms with E-state index in [9.17, 15) is 5.11 Å². The van der Waals surface area contributed by atoms with Crippen LogP contribution in [0, 0.1) is 0 Å². The molecule has 0 unspecified atom stereocenters. The predicted octanol–water partition coefficient (Wildman–Crippen LogP) is 7.21. The van der Waals surface area contributed by atoms with E-state index in [1.807, 2.05) is 48.5 Å². The number of rotatable bonds is 18. The zero-order valence-electron chi connectivity index (χ0n) is 28.0. The second-order valence-electron chi connectivity index (χ2n) is 12.3. The molecule has 4 rings (SSSR count). The van der Waals surface area contributed by atoms with Crippen molar-refractivity contribution >= 4 is 0 Å². The number of hydrogen-bond acceptors (Lipinski definition) is 7. The molecular weight excluding hydrogens is 580 g/mol. The molecule has 0 amide bonds. The normalized spacial score (nSPS) is 11.8. The Morgan fingerprint density at radius 1 is 0.435 bits per heavy atom. The molecule has 0 saturated heterocycles. The topological polar surface area (TPSA) is 75.6 Å². The van der Waals surface area contributed by atoms with E-state index in [1.165, 1.54) is 11.1 Å². The first-order valence-corrected chi connectivity index (χ1v) is 15.7. The van der Waals surface area contributed by atoms with E-state index in [0.717, 1.165) is 22.6 Å². The Kier molecular flexibility index (Phi) is 12.5. The summed E-state index contributed by atoms with van der Waals surface area (Å²) in [6.45, 7) is 11.2. The summed E-state index contributed by atoms with van der Waals surface area (Å²) in [7, 11) is 3.32. The number of hydrogen-bond donors (Lipinski definition) is 1. The maximum absolute atomic E-state index is 10.5. The van der Waals surface area contributed by atoms with E-state index in [1.54, 1.807) is 14.2 Å². The minimum absolute atomic E-state index is 0.129. The molecular formula is C39H48O7. The van der Waals surface area contributed by atoms with Gasteiger partial charge in [-0.15, -0.1) is 0 Å². The lowest BCUT2D eigenvalue weighted by Gasteiger charge is -2.27. The Morgan fingerprint density at radius 3 is 0.957 bits per heavy atom. The van der Waals surface area contributed by atoms with E-state index < -0.39 is 6.10 Å². The third-order valence-electron chi connectivity index (χ3n) is 8.30. The molecule has 0 aliphatic carbocycles. The fourth-order valence-electron chi connectivity index (χ4n) is 5.12. The van der Waals surface area contributed by atoms with Gasteiger partial charge in [0.05, 0.1) is 13.2 Å². The van der Waals surface area contributed by atoms with Gasteiger partial charge in [-0.3, -0.25) is 0 Å². The van der Waals surface area contributed by atoms with Gasteiger partial charge in [-0.05, 0) is 70.8 Å². The molecule has 0 bridgehead atoms. The van der Waals surface area contributed by atoms with Crippen LogP contribution in [0.1, 0.15) is 49.9 Å². The van der Waals surface area contributed by atoms with Crippen molar-refractivity contribution in [2.24, 2.45) is 0 Å². The van der Waals surface area contributed by atoms with Gasteiger partial charge in [0.25, 0.3) is 0 Å². The van der Waals surface area contributed by atoms with Crippen molar-refractivity contribution in [2.45, 2.75) is 44.6 Å². The third-order valence-corrected chi connectivity index (χ3v) is 8.30. The van der Waals surface area contributed by atoms with Crippen LogP contribution < -0.4 is 18.9 Å². The number of aliphatic hydroxyl groups excluding tert-OH is 1. The monoisotopic (exact) mass is 628 g/mol. The molecule has 0 spiro atoms. The summed E-state index contributed by atoms with van der Waals surface area (Å²) in [6, 6.07) is 32.4. The molecule has 246 valence electrons. The maximum atomic E-state index is 10.5. The highest BCUT2D eigenvalue weighted by Crippen LogP contribution is 2.34.